The summed E-state index contributed by atoms with van der Waals surface area (Å²) in [5.41, 5.74) is 0. The molecule has 1 saturated heterocycles. The molecular formula is C10H12Cl6N2O2. The van der Waals surface area contributed by atoms with Gasteiger partial charge in [-0.15, -0.1) is 0 Å². The SMILES string of the molecule is C[C@@H]1CN(C(=O)C(Cl)(Cl)Cl)[C@@H](C)CN1C(=O)C(Cl)(Cl)Cl. The van der Waals surface area contributed by atoms with E-state index in [-0.39, 0.29) is 25.2 Å². The van der Waals surface area contributed by atoms with E-state index in [0.29, 0.717) is 0 Å². The number of carbonyl (C=O) groups excluding carboxylic acids is 2. The topological polar surface area (TPSA) is 40.6 Å². The van der Waals surface area contributed by atoms with Crippen LogP contribution in [0.25, 0.3) is 0 Å². The Morgan fingerprint density at radius 3 is 1.25 bits per heavy atom. The minimum Gasteiger partial charge on any atom is -0.332 e. The molecule has 1 fully saturated rings. The first-order valence-corrected chi connectivity index (χ1v) is 7.88. The van der Waals surface area contributed by atoms with Crippen molar-refractivity contribution in [3.8, 4) is 0 Å². The third-order valence-corrected chi connectivity index (χ3v) is 3.96. The molecule has 0 radical (unpaired) electrons. The van der Waals surface area contributed by atoms with E-state index in [4.69, 9.17) is 69.6 Å². The summed E-state index contributed by atoms with van der Waals surface area (Å²) >= 11 is 33.6. The van der Waals surface area contributed by atoms with E-state index in [9.17, 15) is 9.59 Å². The van der Waals surface area contributed by atoms with Crippen LogP contribution in [-0.4, -0.2) is 54.4 Å². The van der Waals surface area contributed by atoms with E-state index in [1.165, 1.54) is 9.80 Å². The number of carbonyl (C=O) groups is 2. The normalized spacial score (nSPS) is 24.8. The van der Waals surface area contributed by atoms with E-state index in [2.05, 4.69) is 0 Å². The summed E-state index contributed by atoms with van der Waals surface area (Å²) in [7, 11) is 0. The van der Waals surface area contributed by atoms with Crippen LogP contribution >= 0.6 is 69.6 Å². The summed E-state index contributed by atoms with van der Waals surface area (Å²) in [6.45, 7) is 3.83. The Bertz CT molecular complexity index is 368. The first kappa shape index (κ1) is 18.7. The average molecular weight is 405 g/mol. The number of alkyl halides is 6. The Morgan fingerprint density at radius 1 is 0.800 bits per heavy atom. The fourth-order valence-electron chi connectivity index (χ4n) is 2.02. The zero-order valence-electron chi connectivity index (χ0n) is 10.5. The Hall–Kier alpha value is 0.680. The predicted molar refractivity (Wildman–Crippen MR) is 82.9 cm³/mol. The number of nitrogens with zero attached hydrogens (tertiary/aromatic N) is 2. The highest BCUT2D eigenvalue weighted by atomic mass is 35.6. The molecule has 1 heterocycles. The van der Waals surface area contributed by atoms with Gasteiger partial charge in [0.15, 0.2) is 0 Å². The van der Waals surface area contributed by atoms with E-state index in [1.807, 2.05) is 0 Å². The molecule has 1 rings (SSSR count). The van der Waals surface area contributed by atoms with E-state index < -0.39 is 19.4 Å². The van der Waals surface area contributed by atoms with Gasteiger partial charge in [0.2, 0.25) is 0 Å². The largest absolute Gasteiger partial charge is 0.332 e. The van der Waals surface area contributed by atoms with Gasteiger partial charge >= 0.3 is 0 Å². The monoisotopic (exact) mass is 402 g/mol. The fourth-order valence-corrected chi connectivity index (χ4v) is 2.67. The summed E-state index contributed by atoms with van der Waals surface area (Å²) in [6.07, 6.45) is 0. The summed E-state index contributed by atoms with van der Waals surface area (Å²) in [4.78, 5) is 26.8. The zero-order valence-corrected chi connectivity index (χ0v) is 15.1. The first-order chi connectivity index (χ1) is 8.85. The van der Waals surface area contributed by atoms with Crippen molar-refractivity contribution >= 4 is 81.4 Å². The number of rotatable bonds is 0. The van der Waals surface area contributed by atoms with Crippen LogP contribution in [0.4, 0.5) is 0 Å². The molecule has 0 aliphatic carbocycles. The molecule has 0 saturated carbocycles. The number of piperazine rings is 1. The maximum absolute atomic E-state index is 12.0. The fraction of sp³-hybridized carbons (Fsp3) is 0.800. The second-order valence-electron chi connectivity index (χ2n) is 4.61. The number of halogens is 6. The molecule has 0 aromatic heterocycles. The number of hydrogen-bond acceptors (Lipinski definition) is 2. The average Bonchev–Trinajstić information content (AvgIpc) is 2.27. The zero-order chi connectivity index (χ0) is 15.9. The van der Waals surface area contributed by atoms with Crippen LogP contribution in [0.5, 0.6) is 0 Å². The summed E-state index contributed by atoms with van der Waals surface area (Å²) in [6, 6.07) is -0.712. The van der Waals surface area contributed by atoms with Crippen LogP contribution in [0.2, 0.25) is 0 Å². The van der Waals surface area contributed by atoms with Gasteiger partial charge in [-0.2, -0.15) is 0 Å². The lowest BCUT2D eigenvalue weighted by Crippen LogP contribution is -2.62. The second kappa shape index (κ2) is 6.43. The molecular weight excluding hydrogens is 393 g/mol. The van der Waals surface area contributed by atoms with Gasteiger partial charge in [0, 0.05) is 25.2 Å². The van der Waals surface area contributed by atoms with Crippen molar-refractivity contribution in [3.63, 3.8) is 0 Å². The van der Waals surface area contributed by atoms with Crippen molar-refractivity contribution in [1.29, 1.82) is 0 Å². The van der Waals surface area contributed by atoms with Gasteiger partial charge in [0.05, 0.1) is 0 Å². The molecule has 0 unspecified atom stereocenters. The molecule has 1 aliphatic rings. The smallest absolute Gasteiger partial charge is 0.275 e. The Morgan fingerprint density at radius 2 is 1.05 bits per heavy atom. The van der Waals surface area contributed by atoms with Gasteiger partial charge in [-0.05, 0) is 13.8 Å². The standard InChI is InChI=1S/C10H12Cl6N2O2/c1-5-3-18(8(20)10(14,15)16)6(2)4-17(5)7(19)9(11,12)13/h5-6H,3-4H2,1-2H3/t5-,6+. The lowest BCUT2D eigenvalue weighted by molar-refractivity contribution is -0.144. The van der Waals surface area contributed by atoms with Crippen LogP contribution in [0, 0.1) is 0 Å². The molecule has 0 bridgehead atoms. The van der Waals surface area contributed by atoms with Crippen LogP contribution < -0.4 is 0 Å². The van der Waals surface area contributed by atoms with Crippen molar-refractivity contribution in [2.75, 3.05) is 13.1 Å². The van der Waals surface area contributed by atoms with Gasteiger partial charge in [-0.1, -0.05) is 69.6 Å². The molecule has 0 spiro atoms. The lowest BCUT2D eigenvalue weighted by atomic mass is 10.1. The highest BCUT2D eigenvalue weighted by Crippen LogP contribution is 2.33. The lowest BCUT2D eigenvalue weighted by Gasteiger charge is -2.45. The van der Waals surface area contributed by atoms with E-state index >= 15 is 0 Å². The third-order valence-electron chi connectivity index (χ3n) is 2.99. The summed E-state index contributed by atoms with van der Waals surface area (Å²) < 4.78 is -4.06. The number of hydrogen-bond donors (Lipinski definition) is 0. The first-order valence-electron chi connectivity index (χ1n) is 5.61. The minimum absolute atomic E-state index is 0.195. The van der Waals surface area contributed by atoms with Crippen molar-refractivity contribution in [2.45, 2.75) is 33.5 Å². The highest BCUT2D eigenvalue weighted by Gasteiger charge is 2.45. The molecule has 0 aromatic rings. The molecule has 2 amide bonds. The van der Waals surface area contributed by atoms with Crippen LogP contribution in [0.3, 0.4) is 0 Å². The maximum atomic E-state index is 12.0. The van der Waals surface area contributed by atoms with Crippen LogP contribution in [0.15, 0.2) is 0 Å². The van der Waals surface area contributed by atoms with Gasteiger partial charge in [0.1, 0.15) is 0 Å². The molecule has 0 N–H and O–H groups in total. The minimum atomic E-state index is -2.03. The van der Waals surface area contributed by atoms with Crippen molar-refractivity contribution in [3.05, 3.63) is 0 Å². The van der Waals surface area contributed by atoms with Gasteiger partial charge < -0.3 is 9.80 Å². The van der Waals surface area contributed by atoms with E-state index in [0.717, 1.165) is 0 Å². The van der Waals surface area contributed by atoms with Gasteiger partial charge in [-0.25, -0.2) is 0 Å². The van der Waals surface area contributed by atoms with Crippen LogP contribution in [0.1, 0.15) is 13.8 Å². The Labute approximate surface area is 147 Å². The summed E-state index contributed by atoms with van der Waals surface area (Å²) in [5, 5.41) is 0. The second-order valence-corrected chi connectivity index (χ2v) is 9.17. The van der Waals surface area contributed by atoms with Crippen molar-refractivity contribution in [1.82, 2.24) is 9.80 Å². The number of amides is 2. The molecule has 4 nitrogen and oxygen atoms in total. The van der Waals surface area contributed by atoms with E-state index in [1.54, 1.807) is 13.8 Å². The Balaban J connectivity index is 2.87. The van der Waals surface area contributed by atoms with Gasteiger partial charge in [0.25, 0.3) is 19.4 Å². The molecule has 10 heteroatoms. The van der Waals surface area contributed by atoms with Crippen molar-refractivity contribution < 1.29 is 9.59 Å². The maximum Gasteiger partial charge on any atom is 0.275 e. The van der Waals surface area contributed by atoms with Gasteiger partial charge in [-0.3, -0.25) is 9.59 Å². The Kier molecular flexibility index (Phi) is 6.02. The van der Waals surface area contributed by atoms with Crippen LogP contribution in [-0.2, 0) is 9.59 Å². The molecule has 20 heavy (non-hydrogen) atoms. The molecule has 116 valence electrons. The molecule has 2 atom stereocenters. The highest BCUT2D eigenvalue weighted by molar-refractivity contribution is 6.76. The third kappa shape index (κ3) is 4.34. The molecule has 0 aromatic carbocycles. The molecule has 1 aliphatic heterocycles. The predicted octanol–water partition coefficient (Wildman–Crippen LogP) is 3.17. The quantitative estimate of drug-likeness (QED) is 0.582. The summed E-state index contributed by atoms with van der Waals surface area (Å²) in [5.74, 6) is -1.27. The van der Waals surface area contributed by atoms with Crippen molar-refractivity contribution in [2.24, 2.45) is 0 Å².